The van der Waals surface area contributed by atoms with E-state index in [2.05, 4.69) is 22.4 Å². The number of pyridine rings is 1. The second-order valence-corrected chi connectivity index (χ2v) is 5.31. The fourth-order valence-electron chi connectivity index (χ4n) is 2.68. The van der Waals surface area contributed by atoms with Gasteiger partial charge in [0.15, 0.2) is 0 Å². The predicted octanol–water partition coefficient (Wildman–Crippen LogP) is 1.27. The molecule has 20 heavy (non-hydrogen) atoms. The minimum absolute atomic E-state index is 0.0285. The van der Waals surface area contributed by atoms with Crippen molar-refractivity contribution in [2.75, 3.05) is 19.6 Å². The lowest BCUT2D eigenvalue weighted by molar-refractivity contribution is 0.0657. The first-order valence-corrected chi connectivity index (χ1v) is 6.83. The zero-order valence-electron chi connectivity index (χ0n) is 11.9. The van der Waals surface area contributed by atoms with Crippen LogP contribution in [-0.2, 0) is 0 Å². The fraction of sp³-hybridized carbons (Fsp3) is 0.500. The van der Waals surface area contributed by atoms with Crippen LogP contribution < -0.4 is 5.32 Å². The van der Waals surface area contributed by atoms with Crippen molar-refractivity contribution >= 4 is 17.0 Å². The van der Waals surface area contributed by atoms with Gasteiger partial charge in [0.1, 0.15) is 0 Å². The monoisotopic (exact) mass is 274 g/mol. The molecule has 0 radical (unpaired) electrons. The molecule has 1 aliphatic rings. The van der Waals surface area contributed by atoms with Crippen molar-refractivity contribution in [1.82, 2.24) is 20.4 Å². The van der Waals surface area contributed by atoms with Crippen LogP contribution in [0.4, 0.5) is 0 Å². The Labute approximate surface area is 117 Å². The summed E-state index contributed by atoms with van der Waals surface area (Å²) in [5.41, 5.74) is 2.55. The van der Waals surface area contributed by atoms with Gasteiger partial charge in [-0.25, -0.2) is 4.98 Å². The predicted molar refractivity (Wildman–Crippen MR) is 74.6 cm³/mol. The molecular weight excluding hydrogens is 256 g/mol. The SMILES string of the molecule is Cc1cc(C(=O)N2CCNC[C@H]2C)c2c(C)noc2n1. The summed E-state index contributed by atoms with van der Waals surface area (Å²) < 4.78 is 5.19. The lowest BCUT2D eigenvalue weighted by Crippen LogP contribution is -2.52. The van der Waals surface area contributed by atoms with Gasteiger partial charge in [-0.2, -0.15) is 0 Å². The maximum atomic E-state index is 12.8. The molecule has 1 atom stereocenters. The molecule has 0 aromatic carbocycles. The van der Waals surface area contributed by atoms with Gasteiger partial charge in [-0.1, -0.05) is 5.16 Å². The number of amides is 1. The zero-order chi connectivity index (χ0) is 14.3. The quantitative estimate of drug-likeness (QED) is 0.848. The third-order valence-corrected chi connectivity index (χ3v) is 3.74. The number of fused-ring (bicyclic) bond motifs is 1. The fourth-order valence-corrected chi connectivity index (χ4v) is 2.68. The second-order valence-electron chi connectivity index (χ2n) is 5.31. The van der Waals surface area contributed by atoms with Crippen molar-refractivity contribution in [3.8, 4) is 0 Å². The second kappa shape index (κ2) is 4.86. The first kappa shape index (κ1) is 13.1. The smallest absolute Gasteiger partial charge is 0.258 e. The van der Waals surface area contributed by atoms with Gasteiger partial charge in [0.05, 0.1) is 16.6 Å². The number of piperazine rings is 1. The topological polar surface area (TPSA) is 71.3 Å². The summed E-state index contributed by atoms with van der Waals surface area (Å²) in [4.78, 5) is 19.0. The number of aryl methyl sites for hydroxylation is 2. The van der Waals surface area contributed by atoms with Crippen LogP contribution in [-0.4, -0.2) is 46.6 Å². The largest absolute Gasteiger partial charge is 0.336 e. The number of nitrogens with one attached hydrogen (secondary N) is 1. The molecule has 0 bridgehead atoms. The number of carbonyl (C=O) groups is 1. The normalized spacial score (nSPS) is 19.6. The van der Waals surface area contributed by atoms with Gasteiger partial charge in [-0.05, 0) is 26.8 Å². The Morgan fingerprint density at radius 3 is 3.05 bits per heavy atom. The molecule has 106 valence electrons. The minimum atomic E-state index is 0.0285. The highest BCUT2D eigenvalue weighted by atomic mass is 16.5. The Morgan fingerprint density at radius 1 is 1.50 bits per heavy atom. The molecule has 1 amide bonds. The zero-order valence-corrected chi connectivity index (χ0v) is 11.9. The number of rotatable bonds is 1. The number of nitrogens with zero attached hydrogens (tertiary/aromatic N) is 3. The number of hydrogen-bond acceptors (Lipinski definition) is 5. The van der Waals surface area contributed by atoms with E-state index < -0.39 is 0 Å². The van der Waals surface area contributed by atoms with Crippen LogP contribution in [0.3, 0.4) is 0 Å². The van der Waals surface area contributed by atoms with Gasteiger partial charge in [-0.3, -0.25) is 4.79 Å². The molecular formula is C14H18N4O2. The minimum Gasteiger partial charge on any atom is -0.336 e. The summed E-state index contributed by atoms with van der Waals surface area (Å²) in [6, 6.07) is 2.00. The molecule has 0 aliphatic carbocycles. The number of aromatic nitrogens is 2. The average molecular weight is 274 g/mol. The Bertz CT molecular complexity index is 664. The lowest BCUT2D eigenvalue weighted by Gasteiger charge is -2.34. The van der Waals surface area contributed by atoms with E-state index in [4.69, 9.17) is 4.52 Å². The molecule has 0 unspecified atom stereocenters. The maximum absolute atomic E-state index is 12.8. The maximum Gasteiger partial charge on any atom is 0.258 e. The summed E-state index contributed by atoms with van der Waals surface area (Å²) >= 11 is 0. The van der Waals surface area contributed by atoms with E-state index >= 15 is 0 Å². The summed E-state index contributed by atoms with van der Waals surface area (Å²) in [6.45, 7) is 8.10. The highest BCUT2D eigenvalue weighted by Crippen LogP contribution is 2.24. The summed E-state index contributed by atoms with van der Waals surface area (Å²) in [7, 11) is 0. The van der Waals surface area contributed by atoms with E-state index in [0.717, 1.165) is 24.2 Å². The van der Waals surface area contributed by atoms with Crippen molar-refractivity contribution in [3.63, 3.8) is 0 Å². The highest BCUT2D eigenvalue weighted by molar-refractivity contribution is 6.06. The van der Waals surface area contributed by atoms with E-state index in [1.807, 2.05) is 24.8 Å². The van der Waals surface area contributed by atoms with Crippen molar-refractivity contribution in [3.05, 3.63) is 23.0 Å². The summed E-state index contributed by atoms with van der Waals surface area (Å²) in [5, 5.41) is 7.94. The molecule has 3 rings (SSSR count). The van der Waals surface area contributed by atoms with Crippen LogP contribution in [0.25, 0.3) is 11.1 Å². The molecule has 2 aromatic rings. The van der Waals surface area contributed by atoms with E-state index in [1.165, 1.54) is 0 Å². The van der Waals surface area contributed by atoms with Crippen molar-refractivity contribution < 1.29 is 9.32 Å². The lowest BCUT2D eigenvalue weighted by atomic mass is 10.1. The Kier molecular flexibility index (Phi) is 3.17. The van der Waals surface area contributed by atoms with Crippen molar-refractivity contribution in [1.29, 1.82) is 0 Å². The molecule has 1 N–H and O–H groups in total. The van der Waals surface area contributed by atoms with Crippen molar-refractivity contribution in [2.24, 2.45) is 0 Å². The van der Waals surface area contributed by atoms with Gasteiger partial charge < -0.3 is 14.7 Å². The molecule has 0 saturated carbocycles. The molecule has 6 nitrogen and oxygen atoms in total. The third-order valence-electron chi connectivity index (χ3n) is 3.74. The number of carbonyl (C=O) groups excluding carboxylic acids is 1. The summed E-state index contributed by atoms with van der Waals surface area (Å²) in [6.07, 6.45) is 0. The van der Waals surface area contributed by atoms with Gasteiger partial charge in [-0.15, -0.1) is 0 Å². The van der Waals surface area contributed by atoms with E-state index in [-0.39, 0.29) is 11.9 Å². The Morgan fingerprint density at radius 2 is 2.30 bits per heavy atom. The molecule has 2 aromatic heterocycles. The first-order valence-electron chi connectivity index (χ1n) is 6.83. The number of hydrogen-bond donors (Lipinski definition) is 1. The standard InChI is InChI=1S/C14H18N4O2/c1-8-6-11(12-10(3)17-20-13(12)16-8)14(19)18-5-4-15-7-9(18)2/h6,9,15H,4-5,7H2,1-3H3/t9-/m1/s1. The van der Waals surface area contributed by atoms with E-state index in [1.54, 1.807) is 0 Å². The highest BCUT2D eigenvalue weighted by Gasteiger charge is 2.27. The van der Waals surface area contributed by atoms with Crippen LogP contribution in [0.2, 0.25) is 0 Å². The van der Waals surface area contributed by atoms with Crippen LogP contribution in [0.15, 0.2) is 10.6 Å². The van der Waals surface area contributed by atoms with Crippen molar-refractivity contribution in [2.45, 2.75) is 26.8 Å². The molecule has 3 heterocycles. The van der Waals surface area contributed by atoms with Gasteiger partial charge >= 0.3 is 0 Å². The molecule has 1 saturated heterocycles. The van der Waals surface area contributed by atoms with Crippen LogP contribution in [0, 0.1) is 13.8 Å². The average Bonchev–Trinajstić information content (AvgIpc) is 2.79. The van der Waals surface area contributed by atoms with E-state index in [9.17, 15) is 4.79 Å². The van der Waals surface area contributed by atoms with E-state index in [0.29, 0.717) is 23.5 Å². The summed E-state index contributed by atoms with van der Waals surface area (Å²) in [5.74, 6) is 0.0285. The van der Waals surface area contributed by atoms with Gasteiger partial charge in [0, 0.05) is 31.4 Å². The Balaban J connectivity index is 2.08. The molecule has 1 fully saturated rings. The van der Waals surface area contributed by atoms with Gasteiger partial charge in [0.25, 0.3) is 11.6 Å². The van der Waals surface area contributed by atoms with Crippen LogP contribution in [0.1, 0.15) is 28.7 Å². The third kappa shape index (κ3) is 2.06. The Hall–Kier alpha value is -1.95. The van der Waals surface area contributed by atoms with Crippen LogP contribution >= 0.6 is 0 Å². The molecule has 0 spiro atoms. The van der Waals surface area contributed by atoms with Crippen LogP contribution in [0.5, 0.6) is 0 Å². The van der Waals surface area contributed by atoms with Gasteiger partial charge in [0.2, 0.25) is 0 Å². The molecule has 1 aliphatic heterocycles. The molecule has 6 heteroatoms. The first-order chi connectivity index (χ1) is 9.58.